The lowest BCUT2D eigenvalue weighted by molar-refractivity contribution is -0.153. The van der Waals surface area contributed by atoms with Gasteiger partial charge in [-0.1, -0.05) is 0 Å². The Morgan fingerprint density at radius 3 is 2.50 bits per heavy atom. The van der Waals surface area contributed by atoms with Crippen molar-refractivity contribution < 1.29 is 20.4 Å². The van der Waals surface area contributed by atoms with E-state index >= 15 is 0 Å². The molecule has 5 atom stereocenters. The van der Waals surface area contributed by atoms with Crippen LogP contribution < -0.4 is 5.32 Å². The first-order chi connectivity index (χ1) is 5.53. The lowest BCUT2D eigenvalue weighted by atomic mass is 9.96. The van der Waals surface area contributed by atoms with E-state index in [-0.39, 0.29) is 18.9 Å². The van der Waals surface area contributed by atoms with Crippen LogP contribution in [0.3, 0.4) is 0 Å². The van der Waals surface area contributed by atoms with Gasteiger partial charge in [-0.15, -0.1) is 0 Å². The molecule has 0 saturated carbocycles. The Morgan fingerprint density at radius 1 is 1.17 bits per heavy atom. The standard InChI is InChI=1S/C7H13NO4/c9-4-1-3-5(10)2-7(12,8-3)6(4)11/h3-6,8-12H,1-2H2/t3-,4-,5-,6+,7-/m0/s1. The maximum atomic E-state index is 9.65. The van der Waals surface area contributed by atoms with Crippen LogP contribution in [0.1, 0.15) is 12.8 Å². The van der Waals surface area contributed by atoms with E-state index in [1.165, 1.54) is 0 Å². The average molecular weight is 175 g/mol. The molecule has 0 aromatic rings. The summed E-state index contributed by atoms with van der Waals surface area (Å²) >= 11 is 0. The molecule has 12 heavy (non-hydrogen) atoms. The predicted molar refractivity (Wildman–Crippen MR) is 39.1 cm³/mol. The second-order valence-corrected chi connectivity index (χ2v) is 3.69. The van der Waals surface area contributed by atoms with E-state index in [0.29, 0.717) is 0 Å². The molecule has 5 nitrogen and oxygen atoms in total. The molecule has 2 bridgehead atoms. The van der Waals surface area contributed by atoms with E-state index in [2.05, 4.69) is 5.32 Å². The Labute approximate surface area is 69.6 Å². The van der Waals surface area contributed by atoms with Gasteiger partial charge >= 0.3 is 0 Å². The van der Waals surface area contributed by atoms with Crippen LogP contribution >= 0.6 is 0 Å². The van der Waals surface area contributed by atoms with Gasteiger partial charge in [0.1, 0.15) is 11.8 Å². The molecule has 0 radical (unpaired) electrons. The third-order valence-corrected chi connectivity index (χ3v) is 2.77. The van der Waals surface area contributed by atoms with Crippen molar-refractivity contribution in [2.24, 2.45) is 0 Å². The third-order valence-electron chi connectivity index (χ3n) is 2.77. The van der Waals surface area contributed by atoms with Crippen LogP contribution in [0.2, 0.25) is 0 Å². The minimum Gasteiger partial charge on any atom is -0.391 e. The molecule has 0 aromatic carbocycles. The second-order valence-electron chi connectivity index (χ2n) is 3.69. The number of aliphatic hydroxyl groups excluding tert-OH is 3. The summed E-state index contributed by atoms with van der Waals surface area (Å²) in [5.74, 6) is 0. The lowest BCUT2D eigenvalue weighted by Gasteiger charge is -2.37. The average Bonchev–Trinajstić information content (AvgIpc) is 2.22. The zero-order valence-corrected chi connectivity index (χ0v) is 6.51. The van der Waals surface area contributed by atoms with Gasteiger partial charge in [-0.05, 0) is 6.42 Å². The zero-order chi connectivity index (χ0) is 8.93. The fraction of sp³-hybridized carbons (Fsp3) is 1.00. The molecule has 2 heterocycles. The van der Waals surface area contributed by atoms with Crippen molar-refractivity contribution in [3.8, 4) is 0 Å². The molecule has 0 aliphatic carbocycles. The van der Waals surface area contributed by atoms with Gasteiger partial charge in [-0.25, -0.2) is 0 Å². The monoisotopic (exact) mass is 175 g/mol. The molecule has 2 saturated heterocycles. The predicted octanol–water partition coefficient (Wildman–Crippen LogP) is -2.48. The molecule has 2 fully saturated rings. The van der Waals surface area contributed by atoms with E-state index in [9.17, 15) is 20.4 Å². The maximum Gasteiger partial charge on any atom is 0.147 e. The van der Waals surface area contributed by atoms with Gasteiger partial charge in [0.05, 0.1) is 12.2 Å². The number of fused-ring (bicyclic) bond motifs is 2. The molecule has 0 amide bonds. The molecule has 0 aromatic heterocycles. The van der Waals surface area contributed by atoms with E-state index in [1.54, 1.807) is 0 Å². The Kier molecular flexibility index (Phi) is 1.68. The Balaban J connectivity index is 2.24. The normalized spacial score (nSPS) is 59.0. The molecule has 2 aliphatic heterocycles. The van der Waals surface area contributed by atoms with E-state index in [4.69, 9.17) is 0 Å². The van der Waals surface area contributed by atoms with Crippen molar-refractivity contribution in [2.75, 3.05) is 0 Å². The molecule has 70 valence electrons. The van der Waals surface area contributed by atoms with Crippen molar-refractivity contribution >= 4 is 0 Å². The molecular weight excluding hydrogens is 162 g/mol. The molecule has 0 spiro atoms. The number of hydrogen-bond acceptors (Lipinski definition) is 5. The van der Waals surface area contributed by atoms with Gasteiger partial charge in [0.25, 0.3) is 0 Å². The fourth-order valence-corrected chi connectivity index (χ4v) is 2.07. The highest BCUT2D eigenvalue weighted by molar-refractivity contribution is 5.07. The maximum absolute atomic E-state index is 9.65. The van der Waals surface area contributed by atoms with Gasteiger partial charge < -0.3 is 20.4 Å². The Bertz CT molecular complexity index is 196. The molecule has 2 rings (SSSR count). The number of rotatable bonds is 0. The van der Waals surface area contributed by atoms with Gasteiger partial charge in [0.15, 0.2) is 0 Å². The summed E-state index contributed by atoms with van der Waals surface area (Å²) in [4.78, 5) is 0. The van der Waals surface area contributed by atoms with Crippen LogP contribution in [0, 0.1) is 0 Å². The van der Waals surface area contributed by atoms with Crippen LogP contribution in [0.25, 0.3) is 0 Å². The van der Waals surface area contributed by atoms with E-state index in [0.717, 1.165) is 0 Å². The highest BCUT2D eigenvalue weighted by Crippen LogP contribution is 2.34. The van der Waals surface area contributed by atoms with E-state index < -0.39 is 24.0 Å². The molecule has 5 N–H and O–H groups in total. The minimum absolute atomic E-state index is 0.0793. The van der Waals surface area contributed by atoms with Crippen LogP contribution in [0.5, 0.6) is 0 Å². The summed E-state index contributed by atoms with van der Waals surface area (Å²) in [7, 11) is 0. The topological polar surface area (TPSA) is 93.0 Å². The molecule has 5 heteroatoms. The van der Waals surface area contributed by atoms with E-state index in [1.807, 2.05) is 0 Å². The smallest absolute Gasteiger partial charge is 0.147 e. The van der Waals surface area contributed by atoms with Crippen molar-refractivity contribution in [2.45, 2.75) is 42.9 Å². The summed E-state index contributed by atoms with van der Waals surface area (Å²) in [6.45, 7) is 0. The first-order valence-corrected chi connectivity index (χ1v) is 4.07. The summed E-state index contributed by atoms with van der Waals surface area (Å²) in [6, 6.07) is -0.298. The summed E-state index contributed by atoms with van der Waals surface area (Å²) < 4.78 is 0. The van der Waals surface area contributed by atoms with Crippen molar-refractivity contribution in [1.82, 2.24) is 5.32 Å². The van der Waals surface area contributed by atoms with Crippen LogP contribution in [-0.4, -0.2) is 50.5 Å². The Hall–Kier alpha value is -0.200. The SMILES string of the molecule is O[C@@H]1[C@@H](O)C[C@@H]2N[C@]1(O)C[C@@H]2O. The van der Waals surface area contributed by atoms with Crippen molar-refractivity contribution in [3.63, 3.8) is 0 Å². The van der Waals surface area contributed by atoms with Gasteiger partial charge in [-0.2, -0.15) is 0 Å². The lowest BCUT2D eigenvalue weighted by Crippen LogP contribution is -2.61. The van der Waals surface area contributed by atoms with Gasteiger partial charge in [0, 0.05) is 12.5 Å². The molecular formula is C7H13NO4. The van der Waals surface area contributed by atoms with Crippen molar-refractivity contribution in [3.05, 3.63) is 0 Å². The fourth-order valence-electron chi connectivity index (χ4n) is 2.07. The number of aliphatic hydroxyl groups is 4. The van der Waals surface area contributed by atoms with Crippen LogP contribution in [0.15, 0.2) is 0 Å². The minimum atomic E-state index is -1.50. The highest BCUT2D eigenvalue weighted by atomic mass is 16.4. The quantitative estimate of drug-likeness (QED) is 0.281. The second kappa shape index (κ2) is 2.40. The summed E-state index contributed by atoms with van der Waals surface area (Å²) in [5, 5.41) is 40.3. The number of nitrogens with one attached hydrogen (secondary N) is 1. The third kappa shape index (κ3) is 0.982. The van der Waals surface area contributed by atoms with Gasteiger partial charge in [0.2, 0.25) is 0 Å². The van der Waals surface area contributed by atoms with Gasteiger partial charge in [-0.3, -0.25) is 5.32 Å². The zero-order valence-electron chi connectivity index (χ0n) is 6.51. The first kappa shape index (κ1) is 8.40. The largest absolute Gasteiger partial charge is 0.391 e. The molecule has 2 aliphatic rings. The first-order valence-electron chi connectivity index (χ1n) is 4.07. The number of piperidine rings is 1. The van der Waals surface area contributed by atoms with Crippen molar-refractivity contribution in [1.29, 1.82) is 0 Å². The summed E-state index contributed by atoms with van der Waals surface area (Å²) in [6.07, 6.45) is -2.47. The highest BCUT2D eigenvalue weighted by Gasteiger charge is 2.54. The Morgan fingerprint density at radius 2 is 1.83 bits per heavy atom. The van der Waals surface area contributed by atoms with Crippen LogP contribution in [-0.2, 0) is 0 Å². The number of hydrogen-bond donors (Lipinski definition) is 5. The summed E-state index contributed by atoms with van der Waals surface area (Å²) in [5.41, 5.74) is -1.50. The van der Waals surface area contributed by atoms with Crippen LogP contribution in [0.4, 0.5) is 0 Å². The molecule has 0 unspecified atom stereocenters.